The number of hydrogen-bond acceptors (Lipinski definition) is 5. The maximum Gasteiger partial charge on any atom is 0.294 e. The third-order valence-corrected chi connectivity index (χ3v) is 6.87. The summed E-state index contributed by atoms with van der Waals surface area (Å²) in [4.78, 5) is 39.4. The van der Waals surface area contributed by atoms with Crippen LogP contribution in [0.2, 0.25) is 0 Å². The van der Waals surface area contributed by atoms with Gasteiger partial charge in [-0.1, -0.05) is 54.1 Å². The third-order valence-electron chi connectivity index (χ3n) is 5.96. The van der Waals surface area contributed by atoms with Crippen LogP contribution in [0.3, 0.4) is 0 Å². The lowest BCUT2D eigenvalue weighted by Gasteiger charge is -2.12. The smallest absolute Gasteiger partial charge is 0.294 e. The van der Waals surface area contributed by atoms with Crippen molar-refractivity contribution in [3.8, 4) is 5.75 Å². The van der Waals surface area contributed by atoms with Gasteiger partial charge in [0.25, 0.3) is 11.1 Å². The van der Waals surface area contributed by atoms with Gasteiger partial charge in [-0.2, -0.15) is 0 Å². The summed E-state index contributed by atoms with van der Waals surface area (Å²) in [6.45, 7) is 2.71. The van der Waals surface area contributed by atoms with Crippen LogP contribution in [0.4, 0.5) is 10.5 Å². The van der Waals surface area contributed by atoms with Crippen LogP contribution >= 0.6 is 11.8 Å². The van der Waals surface area contributed by atoms with Crippen LogP contribution in [0.15, 0.2) is 90.0 Å². The molecule has 1 saturated heterocycles. The number of nitrogens with one attached hydrogen (secondary N) is 1. The molecule has 5 rings (SSSR count). The van der Waals surface area contributed by atoms with Crippen LogP contribution in [0.25, 0.3) is 17.0 Å². The number of rotatable bonds is 8. The number of ether oxygens (including phenoxy) is 1. The molecule has 1 aliphatic heterocycles. The molecule has 0 spiro atoms. The Bertz CT molecular complexity index is 1490. The van der Waals surface area contributed by atoms with Gasteiger partial charge in [-0.05, 0) is 55.1 Å². The molecular weight excluding hydrogens is 486 g/mol. The minimum Gasteiger partial charge on any atom is -0.492 e. The number of carbonyl (C=O) groups is 3. The predicted molar refractivity (Wildman–Crippen MR) is 146 cm³/mol. The van der Waals surface area contributed by atoms with Crippen LogP contribution in [-0.4, -0.2) is 39.7 Å². The van der Waals surface area contributed by atoms with Crippen molar-refractivity contribution in [2.24, 2.45) is 0 Å². The van der Waals surface area contributed by atoms with E-state index in [0.29, 0.717) is 18.8 Å². The van der Waals surface area contributed by atoms with Gasteiger partial charge in [0.15, 0.2) is 0 Å². The topological polar surface area (TPSA) is 80.6 Å². The molecule has 1 N–H and O–H groups in total. The van der Waals surface area contributed by atoms with Gasteiger partial charge >= 0.3 is 0 Å². The van der Waals surface area contributed by atoms with E-state index in [1.165, 1.54) is 0 Å². The average Bonchev–Trinajstić information content (AvgIpc) is 3.38. The molecule has 0 radical (unpaired) electrons. The van der Waals surface area contributed by atoms with Crippen LogP contribution < -0.4 is 10.1 Å². The number of benzene rings is 3. The molecule has 37 heavy (non-hydrogen) atoms. The Hall–Kier alpha value is -4.30. The van der Waals surface area contributed by atoms with Crippen LogP contribution in [0.1, 0.15) is 11.1 Å². The summed E-state index contributed by atoms with van der Waals surface area (Å²) in [6.07, 6.45) is 3.68. The number of carbonyl (C=O) groups excluding carboxylic acids is 3. The molecule has 0 saturated carbocycles. The molecule has 0 bridgehead atoms. The monoisotopic (exact) mass is 511 g/mol. The summed E-state index contributed by atoms with van der Waals surface area (Å²) >= 11 is 0.844. The second-order valence-corrected chi connectivity index (χ2v) is 9.63. The highest BCUT2D eigenvalue weighted by Gasteiger charge is 2.36. The van der Waals surface area contributed by atoms with Crippen molar-refractivity contribution >= 4 is 51.5 Å². The van der Waals surface area contributed by atoms with Crippen molar-refractivity contribution in [2.45, 2.75) is 13.5 Å². The molecule has 186 valence electrons. The van der Waals surface area contributed by atoms with Crippen molar-refractivity contribution in [2.75, 3.05) is 18.5 Å². The number of thioether (sulfide) groups is 1. The first-order valence-electron chi connectivity index (χ1n) is 11.9. The van der Waals surface area contributed by atoms with Crippen molar-refractivity contribution < 1.29 is 19.1 Å². The fourth-order valence-corrected chi connectivity index (χ4v) is 4.94. The second-order valence-electron chi connectivity index (χ2n) is 8.64. The van der Waals surface area contributed by atoms with E-state index >= 15 is 0 Å². The number of aryl methyl sites for hydroxylation is 1. The number of fused-ring (bicyclic) bond motifs is 1. The average molecular weight is 512 g/mol. The molecule has 1 fully saturated rings. The Morgan fingerprint density at radius 1 is 0.973 bits per heavy atom. The van der Waals surface area contributed by atoms with Gasteiger partial charge in [-0.25, -0.2) is 0 Å². The molecular formula is C29H25N3O4S. The number of amides is 3. The molecule has 4 aromatic rings. The largest absolute Gasteiger partial charge is 0.492 e. The van der Waals surface area contributed by atoms with Gasteiger partial charge in [0.1, 0.15) is 18.9 Å². The molecule has 3 amide bonds. The lowest BCUT2D eigenvalue weighted by atomic mass is 10.1. The van der Waals surface area contributed by atoms with E-state index in [1.54, 1.807) is 18.2 Å². The van der Waals surface area contributed by atoms with E-state index in [4.69, 9.17) is 4.74 Å². The maximum atomic E-state index is 13.0. The van der Waals surface area contributed by atoms with E-state index in [2.05, 4.69) is 9.88 Å². The number of imide groups is 1. The zero-order valence-corrected chi connectivity index (χ0v) is 21.0. The Morgan fingerprint density at radius 2 is 1.70 bits per heavy atom. The fourth-order valence-electron chi connectivity index (χ4n) is 4.11. The van der Waals surface area contributed by atoms with Crippen LogP contribution in [-0.2, 0) is 16.1 Å². The summed E-state index contributed by atoms with van der Waals surface area (Å²) in [7, 11) is 0. The highest BCUT2D eigenvalue weighted by atomic mass is 32.2. The van der Waals surface area contributed by atoms with Crippen molar-refractivity contribution in [3.63, 3.8) is 0 Å². The van der Waals surface area contributed by atoms with Crippen molar-refractivity contribution in [3.05, 3.63) is 101 Å². The number of hydrogen-bond donors (Lipinski definition) is 1. The normalized spacial score (nSPS) is 14.5. The molecule has 2 heterocycles. The van der Waals surface area contributed by atoms with E-state index < -0.39 is 17.1 Å². The zero-order valence-electron chi connectivity index (χ0n) is 20.2. The Morgan fingerprint density at radius 3 is 2.49 bits per heavy atom. The summed E-state index contributed by atoms with van der Waals surface area (Å²) in [5, 5.41) is 3.23. The lowest BCUT2D eigenvalue weighted by molar-refractivity contribution is -0.127. The van der Waals surface area contributed by atoms with Gasteiger partial charge in [-0.3, -0.25) is 19.3 Å². The van der Waals surface area contributed by atoms with E-state index in [1.807, 2.05) is 79.9 Å². The first kappa shape index (κ1) is 24.4. The second kappa shape index (κ2) is 10.8. The zero-order chi connectivity index (χ0) is 25.8. The van der Waals surface area contributed by atoms with Gasteiger partial charge < -0.3 is 14.6 Å². The number of nitrogens with zero attached hydrogens (tertiary/aromatic N) is 2. The third kappa shape index (κ3) is 5.59. The van der Waals surface area contributed by atoms with Gasteiger partial charge in [-0.15, -0.1) is 0 Å². The molecule has 0 atom stereocenters. The minimum atomic E-state index is -0.474. The highest BCUT2D eigenvalue weighted by molar-refractivity contribution is 8.18. The summed E-state index contributed by atoms with van der Waals surface area (Å²) in [5.74, 6) is -0.0972. The maximum absolute atomic E-state index is 13.0. The van der Waals surface area contributed by atoms with Crippen molar-refractivity contribution in [1.29, 1.82) is 0 Å². The van der Waals surface area contributed by atoms with Gasteiger partial charge in [0.2, 0.25) is 5.91 Å². The molecule has 1 aliphatic rings. The number of anilines is 1. The standard InChI is InChI=1S/C29H25N3O4S/c1-20-11-13-22(14-12-20)30-27(33)19-32-28(34)26(37-29(32)35)17-21-18-31(25-10-6-5-9-24(21)25)15-16-36-23-7-3-2-4-8-23/h2-14,17-18H,15-16,19H2,1H3,(H,30,33)/b26-17-. The first-order chi connectivity index (χ1) is 18.0. The Balaban J connectivity index is 1.30. The fraction of sp³-hybridized carbons (Fsp3) is 0.138. The number of aromatic nitrogens is 1. The van der Waals surface area contributed by atoms with Crippen molar-refractivity contribution in [1.82, 2.24) is 9.47 Å². The predicted octanol–water partition coefficient (Wildman–Crippen LogP) is 5.70. The first-order valence-corrected chi connectivity index (χ1v) is 12.7. The molecule has 0 aliphatic carbocycles. The minimum absolute atomic E-state index is 0.288. The lowest BCUT2D eigenvalue weighted by Crippen LogP contribution is -2.36. The molecule has 3 aromatic carbocycles. The molecule has 7 nitrogen and oxygen atoms in total. The Labute approximate surface area is 218 Å². The quantitative estimate of drug-likeness (QED) is 0.307. The number of para-hydroxylation sites is 2. The summed E-state index contributed by atoms with van der Waals surface area (Å²) in [6, 6.07) is 24.8. The summed E-state index contributed by atoms with van der Waals surface area (Å²) < 4.78 is 7.92. The molecule has 8 heteroatoms. The van der Waals surface area contributed by atoms with Crippen LogP contribution in [0, 0.1) is 6.92 Å². The van der Waals surface area contributed by atoms with Crippen LogP contribution in [0.5, 0.6) is 5.75 Å². The van der Waals surface area contributed by atoms with Gasteiger partial charge in [0.05, 0.1) is 11.4 Å². The highest BCUT2D eigenvalue weighted by Crippen LogP contribution is 2.34. The summed E-state index contributed by atoms with van der Waals surface area (Å²) in [5.41, 5.74) is 3.51. The Kier molecular flexibility index (Phi) is 7.09. The van der Waals surface area contributed by atoms with E-state index in [-0.39, 0.29) is 11.4 Å². The van der Waals surface area contributed by atoms with Gasteiger partial charge in [0, 0.05) is 28.4 Å². The molecule has 0 unspecified atom stereocenters. The van der Waals surface area contributed by atoms with E-state index in [0.717, 1.165) is 44.4 Å². The van der Waals surface area contributed by atoms with E-state index in [9.17, 15) is 14.4 Å². The SMILES string of the molecule is Cc1ccc(NC(=O)CN2C(=O)S/C(=C\c3cn(CCOc4ccccc4)c4ccccc34)C2=O)cc1. The molecule has 1 aromatic heterocycles.